The third-order valence-corrected chi connectivity index (χ3v) is 4.11. The fourth-order valence-electron chi connectivity index (χ4n) is 2.63. The molecule has 144 valence electrons. The highest BCUT2D eigenvalue weighted by Crippen LogP contribution is 2.21. The minimum Gasteiger partial charge on any atom is -0.494 e. The summed E-state index contributed by atoms with van der Waals surface area (Å²) in [5.74, 6) is -0.272. The maximum Gasteiger partial charge on any atom is 0.338 e. The predicted molar refractivity (Wildman–Crippen MR) is 108 cm³/mol. The summed E-state index contributed by atoms with van der Waals surface area (Å²) >= 11 is 0. The van der Waals surface area contributed by atoms with E-state index < -0.39 is 11.9 Å². The quantitative estimate of drug-likeness (QED) is 0.469. The Kier molecular flexibility index (Phi) is 6.57. The Hall–Kier alpha value is -3.41. The molecule has 0 aliphatic carbocycles. The molecule has 6 nitrogen and oxygen atoms in total. The maximum absolute atomic E-state index is 12.2. The lowest BCUT2D eigenvalue weighted by molar-refractivity contribution is -0.119. The smallest absolute Gasteiger partial charge is 0.338 e. The highest BCUT2D eigenvalue weighted by Gasteiger charge is 2.12. The highest BCUT2D eigenvalue weighted by atomic mass is 16.5. The van der Waals surface area contributed by atoms with Crippen LogP contribution in [0.3, 0.4) is 0 Å². The van der Waals surface area contributed by atoms with Crippen LogP contribution < -0.4 is 10.1 Å². The average Bonchev–Trinajstić information content (AvgIpc) is 2.73. The standard InChI is InChI=1S/C22H22N2O4/c1-2-3-14-27-17-11-9-16(10-12-17)22(26)28-15-21(25)24-20-8-4-7-19-18(20)6-5-13-23-19/h4-13H,2-3,14-15H2,1H3,(H,24,25). The van der Waals surface area contributed by atoms with Crippen LogP contribution in [0.1, 0.15) is 30.1 Å². The van der Waals surface area contributed by atoms with Gasteiger partial charge >= 0.3 is 5.97 Å². The summed E-state index contributed by atoms with van der Waals surface area (Å²) in [7, 11) is 0. The second-order valence-corrected chi connectivity index (χ2v) is 6.23. The lowest BCUT2D eigenvalue weighted by Gasteiger charge is -2.09. The second kappa shape index (κ2) is 9.50. The number of nitrogens with zero attached hydrogens (tertiary/aromatic N) is 1. The minimum atomic E-state index is -0.560. The lowest BCUT2D eigenvalue weighted by Crippen LogP contribution is -2.21. The van der Waals surface area contributed by atoms with E-state index in [2.05, 4.69) is 17.2 Å². The van der Waals surface area contributed by atoms with Crippen molar-refractivity contribution in [2.75, 3.05) is 18.5 Å². The van der Waals surface area contributed by atoms with E-state index in [0.717, 1.165) is 23.7 Å². The van der Waals surface area contributed by atoms with Gasteiger partial charge in [-0.1, -0.05) is 19.4 Å². The molecule has 0 spiro atoms. The summed E-state index contributed by atoms with van der Waals surface area (Å²) in [6.07, 6.45) is 3.73. The summed E-state index contributed by atoms with van der Waals surface area (Å²) in [5.41, 5.74) is 1.77. The minimum absolute atomic E-state index is 0.366. The molecule has 0 bridgehead atoms. The lowest BCUT2D eigenvalue weighted by atomic mass is 10.2. The monoisotopic (exact) mass is 378 g/mol. The molecule has 1 aromatic heterocycles. The molecule has 1 amide bonds. The zero-order valence-corrected chi connectivity index (χ0v) is 15.7. The summed E-state index contributed by atoms with van der Waals surface area (Å²) < 4.78 is 10.7. The number of aromatic nitrogens is 1. The van der Waals surface area contributed by atoms with Gasteiger partial charge in [-0.05, 0) is 55.0 Å². The Balaban J connectivity index is 1.53. The molecule has 0 fully saturated rings. The van der Waals surface area contributed by atoms with Crippen LogP contribution >= 0.6 is 0 Å². The van der Waals surface area contributed by atoms with Crippen LogP contribution in [0.5, 0.6) is 5.75 Å². The number of benzene rings is 2. The number of nitrogens with one attached hydrogen (secondary N) is 1. The van der Waals surface area contributed by atoms with Gasteiger partial charge < -0.3 is 14.8 Å². The number of amides is 1. The summed E-state index contributed by atoms with van der Waals surface area (Å²) in [4.78, 5) is 28.5. The van der Waals surface area contributed by atoms with Gasteiger partial charge in [-0.15, -0.1) is 0 Å². The summed E-state index contributed by atoms with van der Waals surface area (Å²) in [6, 6.07) is 15.8. The van der Waals surface area contributed by atoms with Crippen LogP contribution in [-0.4, -0.2) is 30.1 Å². The largest absolute Gasteiger partial charge is 0.494 e. The zero-order valence-electron chi connectivity index (χ0n) is 15.7. The van der Waals surface area contributed by atoms with Gasteiger partial charge in [-0.2, -0.15) is 0 Å². The van der Waals surface area contributed by atoms with Gasteiger partial charge in [0, 0.05) is 11.6 Å². The third kappa shape index (κ3) is 5.07. The van der Waals surface area contributed by atoms with E-state index in [0.29, 0.717) is 23.6 Å². The van der Waals surface area contributed by atoms with Gasteiger partial charge in [-0.25, -0.2) is 4.79 Å². The first-order valence-electron chi connectivity index (χ1n) is 9.21. The van der Waals surface area contributed by atoms with E-state index in [-0.39, 0.29) is 6.61 Å². The molecule has 0 radical (unpaired) electrons. The van der Waals surface area contributed by atoms with E-state index in [9.17, 15) is 9.59 Å². The van der Waals surface area contributed by atoms with E-state index in [4.69, 9.17) is 9.47 Å². The van der Waals surface area contributed by atoms with Crippen LogP contribution in [0, 0.1) is 0 Å². The summed E-state index contributed by atoms with van der Waals surface area (Å²) in [6.45, 7) is 2.37. The Morgan fingerprint density at radius 2 is 1.86 bits per heavy atom. The number of hydrogen-bond acceptors (Lipinski definition) is 5. The topological polar surface area (TPSA) is 77.5 Å². The normalized spacial score (nSPS) is 10.5. The first kappa shape index (κ1) is 19.4. The number of ether oxygens (including phenoxy) is 2. The molecule has 6 heteroatoms. The van der Waals surface area contributed by atoms with Crippen molar-refractivity contribution in [2.45, 2.75) is 19.8 Å². The molecule has 0 saturated carbocycles. The number of carbonyl (C=O) groups excluding carboxylic acids is 2. The van der Waals surface area contributed by atoms with E-state index in [1.54, 1.807) is 48.7 Å². The van der Waals surface area contributed by atoms with Crippen LogP contribution in [0.15, 0.2) is 60.8 Å². The van der Waals surface area contributed by atoms with Crippen molar-refractivity contribution in [1.82, 2.24) is 4.98 Å². The molecular weight excluding hydrogens is 356 g/mol. The van der Waals surface area contributed by atoms with Crippen LogP contribution in [0.25, 0.3) is 10.9 Å². The molecule has 1 N–H and O–H groups in total. The van der Waals surface area contributed by atoms with Gasteiger partial charge in [0.05, 0.1) is 23.4 Å². The molecule has 0 aliphatic rings. The Labute approximate surface area is 163 Å². The van der Waals surface area contributed by atoms with Crippen LogP contribution in [0.4, 0.5) is 5.69 Å². The van der Waals surface area contributed by atoms with Crippen molar-refractivity contribution < 1.29 is 19.1 Å². The van der Waals surface area contributed by atoms with Gasteiger partial charge in [0.1, 0.15) is 5.75 Å². The van der Waals surface area contributed by atoms with E-state index >= 15 is 0 Å². The van der Waals surface area contributed by atoms with Gasteiger partial charge in [0.25, 0.3) is 5.91 Å². The number of unbranched alkanes of at least 4 members (excludes halogenated alkanes) is 1. The molecule has 0 unspecified atom stereocenters. The van der Waals surface area contributed by atoms with Crippen molar-refractivity contribution in [3.8, 4) is 5.75 Å². The molecule has 3 rings (SSSR count). The number of hydrogen-bond donors (Lipinski definition) is 1. The van der Waals surface area contributed by atoms with Crippen molar-refractivity contribution >= 4 is 28.5 Å². The van der Waals surface area contributed by atoms with Crippen molar-refractivity contribution in [2.24, 2.45) is 0 Å². The maximum atomic E-state index is 12.2. The number of esters is 1. The van der Waals surface area contributed by atoms with Gasteiger partial charge in [-0.3, -0.25) is 9.78 Å². The average molecular weight is 378 g/mol. The molecule has 1 heterocycles. The number of carbonyl (C=O) groups is 2. The zero-order chi connectivity index (χ0) is 19.8. The third-order valence-electron chi connectivity index (χ3n) is 4.11. The van der Waals surface area contributed by atoms with Crippen molar-refractivity contribution in [3.05, 3.63) is 66.4 Å². The van der Waals surface area contributed by atoms with Crippen LogP contribution in [0.2, 0.25) is 0 Å². The molecule has 2 aromatic carbocycles. The van der Waals surface area contributed by atoms with Crippen LogP contribution in [-0.2, 0) is 9.53 Å². The first-order chi connectivity index (χ1) is 13.7. The summed E-state index contributed by atoms with van der Waals surface area (Å²) in [5, 5.41) is 3.58. The molecule has 0 atom stereocenters. The van der Waals surface area contributed by atoms with Crippen molar-refractivity contribution in [3.63, 3.8) is 0 Å². The number of rotatable bonds is 8. The molecule has 0 aliphatic heterocycles. The second-order valence-electron chi connectivity index (χ2n) is 6.23. The Bertz CT molecular complexity index is 949. The fraction of sp³-hybridized carbons (Fsp3) is 0.227. The molecule has 28 heavy (non-hydrogen) atoms. The first-order valence-corrected chi connectivity index (χ1v) is 9.21. The van der Waals surface area contributed by atoms with Crippen molar-refractivity contribution in [1.29, 1.82) is 0 Å². The fourth-order valence-corrected chi connectivity index (χ4v) is 2.63. The highest BCUT2D eigenvalue weighted by molar-refractivity contribution is 6.02. The van der Waals surface area contributed by atoms with E-state index in [1.165, 1.54) is 0 Å². The Morgan fingerprint density at radius 1 is 1.04 bits per heavy atom. The SMILES string of the molecule is CCCCOc1ccc(C(=O)OCC(=O)Nc2cccc3ncccc23)cc1. The molecule has 0 saturated heterocycles. The Morgan fingerprint density at radius 3 is 2.64 bits per heavy atom. The van der Waals surface area contributed by atoms with Gasteiger partial charge in [0.2, 0.25) is 0 Å². The predicted octanol–water partition coefficient (Wildman–Crippen LogP) is 4.21. The number of pyridine rings is 1. The van der Waals surface area contributed by atoms with Gasteiger partial charge in [0.15, 0.2) is 6.61 Å². The van der Waals surface area contributed by atoms with E-state index in [1.807, 2.05) is 12.1 Å². The molecular formula is C22H22N2O4. The molecule has 3 aromatic rings. The number of fused-ring (bicyclic) bond motifs is 1. The number of anilines is 1.